The Morgan fingerprint density at radius 1 is 0.882 bits per heavy atom. The SMILES string of the molecule is O=C(NNC(=O)[C@@H]1CC=CCC1)C1CCCC1. The molecule has 1 fully saturated rings. The van der Waals surface area contributed by atoms with E-state index in [1.807, 2.05) is 6.08 Å². The van der Waals surface area contributed by atoms with Crippen molar-refractivity contribution in [1.29, 1.82) is 0 Å². The third-order valence-electron chi connectivity index (χ3n) is 3.67. The number of nitrogens with one attached hydrogen (secondary N) is 2. The molecule has 4 heteroatoms. The first-order valence-electron chi connectivity index (χ1n) is 6.52. The minimum absolute atomic E-state index is 0.0175. The second-order valence-corrected chi connectivity index (χ2v) is 4.94. The van der Waals surface area contributed by atoms with Crippen LogP contribution in [0.25, 0.3) is 0 Å². The molecule has 0 spiro atoms. The normalized spacial score (nSPS) is 24.6. The Labute approximate surface area is 102 Å². The van der Waals surface area contributed by atoms with Crippen molar-refractivity contribution >= 4 is 11.8 Å². The molecule has 17 heavy (non-hydrogen) atoms. The summed E-state index contributed by atoms with van der Waals surface area (Å²) >= 11 is 0. The third kappa shape index (κ3) is 3.32. The fourth-order valence-corrected chi connectivity index (χ4v) is 2.55. The summed E-state index contributed by atoms with van der Waals surface area (Å²) in [5.41, 5.74) is 5.12. The average molecular weight is 236 g/mol. The number of hydrogen-bond acceptors (Lipinski definition) is 2. The summed E-state index contributed by atoms with van der Waals surface area (Å²) in [6.45, 7) is 0. The molecular weight excluding hydrogens is 216 g/mol. The molecule has 0 saturated heterocycles. The zero-order valence-electron chi connectivity index (χ0n) is 10.1. The molecule has 0 aromatic carbocycles. The maximum absolute atomic E-state index is 11.8. The van der Waals surface area contributed by atoms with Crippen LogP contribution in [-0.4, -0.2) is 11.8 Å². The zero-order valence-corrected chi connectivity index (χ0v) is 10.1. The smallest absolute Gasteiger partial charge is 0.241 e. The van der Waals surface area contributed by atoms with E-state index in [0.29, 0.717) is 0 Å². The molecule has 2 rings (SSSR count). The van der Waals surface area contributed by atoms with Crippen molar-refractivity contribution in [2.75, 3.05) is 0 Å². The van der Waals surface area contributed by atoms with Crippen LogP contribution in [0, 0.1) is 11.8 Å². The summed E-state index contributed by atoms with van der Waals surface area (Å²) in [7, 11) is 0. The van der Waals surface area contributed by atoms with Gasteiger partial charge in [0.1, 0.15) is 0 Å². The molecule has 2 N–H and O–H groups in total. The third-order valence-corrected chi connectivity index (χ3v) is 3.67. The molecule has 2 amide bonds. The van der Waals surface area contributed by atoms with Crippen molar-refractivity contribution in [2.24, 2.45) is 11.8 Å². The number of allylic oxidation sites excluding steroid dienone is 2. The molecule has 0 bridgehead atoms. The largest absolute Gasteiger partial charge is 0.273 e. The molecule has 2 aliphatic rings. The highest BCUT2D eigenvalue weighted by atomic mass is 16.2. The highest BCUT2D eigenvalue weighted by Gasteiger charge is 2.24. The van der Waals surface area contributed by atoms with Crippen LogP contribution in [0.15, 0.2) is 12.2 Å². The van der Waals surface area contributed by atoms with Crippen molar-refractivity contribution in [3.63, 3.8) is 0 Å². The van der Waals surface area contributed by atoms with Gasteiger partial charge in [0.15, 0.2) is 0 Å². The standard InChI is InChI=1S/C13H20N2O2/c16-12(10-6-2-1-3-7-10)14-15-13(17)11-8-4-5-9-11/h1-2,10-11H,3-9H2,(H,14,16)(H,15,17)/t10-/m1/s1. The first-order valence-corrected chi connectivity index (χ1v) is 6.52. The van der Waals surface area contributed by atoms with Gasteiger partial charge in [0.2, 0.25) is 11.8 Å². The van der Waals surface area contributed by atoms with Gasteiger partial charge < -0.3 is 0 Å². The fraction of sp³-hybridized carbons (Fsp3) is 0.692. The lowest BCUT2D eigenvalue weighted by atomic mass is 9.94. The van der Waals surface area contributed by atoms with E-state index in [4.69, 9.17) is 0 Å². The maximum atomic E-state index is 11.8. The zero-order chi connectivity index (χ0) is 12.1. The van der Waals surface area contributed by atoms with Crippen LogP contribution in [0.1, 0.15) is 44.9 Å². The van der Waals surface area contributed by atoms with Gasteiger partial charge in [-0.15, -0.1) is 0 Å². The van der Waals surface area contributed by atoms with Gasteiger partial charge in [-0.25, -0.2) is 0 Å². The van der Waals surface area contributed by atoms with Gasteiger partial charge in [0, 0.05) is 11.8 Å². The molecular formula is C13H20N2O2. The fourth-order valence-electron chi connectivity index (χ4n) is 2.55. The van der Waals surface area contributed by atoms with E-state index >= 15 is 0 Å². The molecule has 4 nitrogen and oxygen atoms in total. The van der Waals surface area contributed by atoms with Gasteiger partial charge in [0.05, 0.1) is 0 Å². The van der Waals surface area contributed by atoms with Gasteiger partial charge in [-0.2, -0.15) is 0 Å². The molecule has 0 aromatic rings. The van der Waals surface area contributed by atoms with E-state index in [9.17, 15) is 9.59 Å². The minimum Gasteiger partial charge on any atom is -0.273 e. The highest BCUT2D eigenvalue weighted by Crippen LogP contribution is 2.24. The second kappa shape index (κ2) is 5.84. The van der Waals surface area contributed by atoms with Gasteiger partial charge in [-0.3, -0.25) is 20.4 Å². The number of carbonyl (C=O) groups is 2. The molecule has 1 saturated carbocycles. The lowest BCUT2D eigenvalue weighted by Gasteiger charge is -2.18. The molecule has 94 valence electrons. The summed E-state index contributed by atoms with van der Waals surface area (Å²) in [5.74, 6) is 0.0355. The monoisotopic (exact) mass is 236 g/mol. The molecule has 0 aromatic heterocycles. The molecule has 0 unspecified atom stereocenters. The van der Waals surface area contributed by atoms with Crippen molar-refractivity contribution in [3.05, 3.63) is 12.2 Å². The summed E-state index contributed by atoms with van der Waals surface area (Å²) in [5, 5.41) is 0. The van der Waals surface area contributed by atoms with E-state index in [2.05, 4.69) is 16.9 Å². The Morgan fingerprint density at radius 3 is 2.12 bits per heavy atom. The van der Waals surface area contributed by atoms with Gasteiger partial charge >= 0.3 is 0 Å². The summed E-state index contributed by atoms with van der Waals surface area (Å²) < 4.78 is 0. The topological polar surface area (TPSA) is 58.2 Å². The van der Waals surface area contributed by atoms with Crippen molar-refractivity contribution < 1.29 is 9.59 Å². The van der Waals surface area contributed by atoms with Crippen LogP contribution in [0.4, 0.5) is 0 Å². The number of hydrazine groups is 1. The molecule has 0 aliphatic heterocycles. The lowest BCUT2D eigenvalue weighted by Crippen LogP contribution is -2.46. The Bertz CT molecular complexity index is 319. The summed E-state index contributed by atoms with van der Waals surface area (Å²) in [6, 6.07) is 0. The van der Waals surface area contributed by atoms with E-state index in [-0.39, 0.29) is 23.7 Å². The first-order chi connectivity index (χ1) is 8.27. The second-order valence-electron chi connectivity index (χ2n) is 4.94. The van der Waals surface area contributed by atoms with Crippen LogP contribution in [0.5, 0.6) is 0 Å². The van der Waals surface area contributed by atoms with Gasteiger partial charge in [0.25, 0.3) is 0 Å². The van der Waals surface area contributed by atoms with E-state index in [1.165, 1.54) is 0 Å². The predicted octanol–water partition coefficient (Wildman–Crippen LogP) is 1.68. The number of carbonyl (C=O) groups excluding carboxylic acids is 2. The van der Waals surface area contributed by atoms with Crippen molar-refractivity contribution in [3.8, 4) is 0 Å². The Kier molecular flexibility index (Phi) is 4.18. The Hall–Kier alpha value is -1.32. The Morgan fingerprint density at radius 2 is 1.53 bits per heavy atom. The quantitative estimate of drug-likeness (QED) is 0.566. The minimum atomic E-state index is -0.0549. The lowest BCUT2D eigenvalue weighted by molar-refractivity contribution is -0.133. The average Bonchev–Trinajstić information content (AvgIpc) is 2.90. The van der Waals surface area contributed by atoms with Crippen LogP contribution >= 0.6 is 0 Å². The predicted molar refractivity (Wildman–Crippen MR) is 64.7 cm³/mol. The summed E-state index contributed by atoms with van der Waals surface area (Å²) in [4.78, 5) is 23.5. The highest BCUT2D eigenvalue weighted by molar-refractivity contribution is 5.84. The van der Waals surface area contributed by atoms with E-state index in [0.717, 1.165) is 44.9 Å². The summed E-state index contributed by atoms with van der Waals surface area (Å²) in [6.07, 6.45) is 10.9. The number of hydrogen-bond donors (Lipinski definition) is 2. The molecule has 0 radical (unpaired) electrons. The molecule has 0 heterocycles. The van der Waals surface area contributed by atoms with Gasteiger partial charge in [-0.05, 0) is 32.1 Å². The molecule has 1 atom stereocenters. The van der Waals surface area contributed by atoms with Crippen LogP contribution < -0.4 is 10.9 Å². The number of rotatable bonds is 2. The van der Waals surface area contributed by atoms with E-state index in [1.54, 1.807) is 0 Å². The Balaban J connectivity index is 1.71. The molecule has 2 aliphatic carbocycles. The van der Waals surface area contributed by atoms with Crippen LogP contribution in [-0.2, 0) is 9.59 Å². The maximum Gasteiger partial charge on any atom is 0.241 e. The van der Waals surface area contributed by atoms with Gasteiger partial charge in [-0.1, -0.05) is 25.0 Å². The number of amides is 2. The van der Waals surface area contributed by atoms with Crippen molar-refractivity contribution in [2.45, 2.75) is 44.9 Å². The van der Waals surface area contributed by atoms with Crippen LogP contribution in [0.2, 0.25) is 0 Å². The van der Waals surface area contributed by atoms with Crippen molar-refractivity contribution in [1.82, 2.24) is 10.9 Å². The van der Waals surface area contributed by atoms with E-state index < -0.39 is 0 Å². The first kappa shape index (κ1) is 12.1. The van der Waals surface area contributed by atoms with Crippen LogP contribution in [0.3, 0.4) is 0 Å².